The molecule has 3 aromatic rings. The predicted molar refractivity (Wildman–Crippen MR) is 118 cm³/mol. The highest BCUT2D eigenvalue weighted by molar-refractivity contribution is 5.93. The first kappa shape index (κ1) is 23.6. The molecule has 0 saturated heterocycles. The van der Waals surface area contributed by atoms with Crippen molar-refractivity contribution in [3.05, 3.63) is 98.7 Å². The molecule has 2 heterocycles. The summed E-state index contributed by atoms with van der Waals surface area (Å²) in [5.74, 6) is -2.24. The Hall–Kier alpha value is -3.59. The average Bonchev–Trinajstić information content (AvgIpc) is 3.01. The highest BCUT2D eigenvalue weighted by Crippen LogP contribution is 2.25. The number of hydrogen-bond donors (Lipinski definition) is 0. The van der Waals surface area contributed by atoms with Crippen LogP contribution in [0, 0.1) is 17.5 Å². The summed E-state index contributed by atoms with van der Waals surface area (Å²) in [6.07, 6.45) is 0.325. The number of aromatic nitrogens is 1. The molecule has 0 bridgehead atoms. The minimum atomic E-state index is -0.653. The monoisotopic (exact) mass is 472 g/mol. The molecule has 0 fully saturated rings. The Bertz CT molecular complexity index is 1240. The van der Waals surface area contributed by atoms with Crippen molar-refractivity contribution in [3.8, 4) is 5.75 Å². The maximum atomic E-state index is 13.6. The molecule has 0 unspecified atom stereocenters. The lowest BCUT2D eigenvalue weighted by Gasteiger charge is -2.19. The summed E-state index contributed by atoms with van der Waals surface area (Å²) in [4.78, 5) is 27.5. The van der Waals surface area contributed by atoms with Crippen LogP contribution in [0.15, 0.2) is 53.3 Å². The molecule has 1 aromatic heterocycles. The quantitative estimate of drug-likeness (QED) is 0.513. The van der Waals surface area contributed by atoms with E-state index in [1.807, 2.05) is 4.90 Å². The van der Waals surface area contributed by atoms with E-state index in [2.05, 4.69) is 0 Å². The van der Waals surface area contributed by atoms with E-state index in [1.54, 1.807) is 12.1 Å². The Morgan fingerprint density at radius 1 is 0.912 bits per heavy atom. The molecule has 0 saturated carbocycles. The van der Waals surface area contributed by atoms with Crippen LogP contribution in [0.3, 0.4) is 0 Å². The van der Waals surface area contributed by atoms with Crippen LogP contribution in [0.4, 0.5) is 13.2 Å². The van der Waals surface area contributed by atoms with Gasteiger partial charge in [0.2, 0.25) is 0 Å². The number of fused-ring (bicyclic) bond motifs is 1. The zero-order valence-electron chi connectivity index (χ0n) is 18.5. The van der Waals surface area contributed by atoms with Gasteiger partial charge in [-0.15, -0.1) is 0 Å². The van der Waals surface area contributed by atoms with E-state index in [0.717, 1.165) is 6.07 Å². The van der Waals surface area contributed by atoms with Gasteiger partial charge in [-0.2, -0.15) is 0 Å². The summed E-state index contributed by atoms with van der Waals surface area (Å²) in [5.41, 5.74) is 1.44. The van der Waals surface area contributed by atoms with Crippen LogP contribution in [0.5, 0.6) is 5.75 Å². The van der Waals surface area contributed by atoms with Crippen molar-refractivity contribution in [2.45, 2.75) is 26.1 Å². The molecule has 0 aliphatic carbocycles. The lowest BCUT2D eigenvalue weighted by Crippen LogP contribution is -2.29. The van der Waals surface area contributed by atoms with E-state index in [0.29, 0.717) is 42.9 Å². The van der Waals surface area contributed by atoms with Gasteiger partial charge in [0.15, 0.2) is 0 Å². The fourth-order valence-corrected chi connectivity index (χ4v) is 4.09. The minimum absolute atomic E-state index is 0.0322. The lowest BCUT2D eigenvalue weighted by atomic mass is 10.1. The zero-order valence-corrected chi connectivity index (χ0v) is 18.5. The number of esters is 1. The van der Waals surface area contributed by atoms with Gasteiger partial charge < -0.3 is 14.0 Å². The van der Waals surface area contributed by atoms with Crippen molar-refractivity contribution in [2.24, 2.45) is 0 Å². The molecule has 0 radical (unpaired) electrons. The molecule has 4 rings (SSSR count). The first-order valence-corrected chi connectivity index (χ1v) is 10.7. The number of halogens is 3. The Labute approximate surface area is 194 Å². The van der Waals surface area contributed by atoms with E-state index in [9.17, 15) is 22.8 Å². The third-order valence-electron chi connectivity index (χ3n) is 5.71. The van der Waals surface area contributed by atoms with Crippen LogP contribution in [-0.2, 0) is 30.9 Å². The number of rotatable bonds is 6. The summed E-state index contributed by atoms with van der Waals surface area (Å²) in [5, 5.41) is 0. The average molecular weight is 472 g/mol. The van der Waals surface area contributed by atoms with Gasteiger partial charge >= 0.3 is 5.97 Å². The van der Waals surface area contributed by atoms with Crippen LogP contribution in [-0.4, -0.2) is 35.6 Å². The molecule has 34 heavy (non-hydrogen) atoms. The molecule has 1 aliphatic heterocycles. The maximum Gasteiger partial charge on any atom is 0.343 e. The molecule has 9 heteroatoms. The highest BCUT2D eigenvalue weighted by Gasteiger charge is 2.26. The second-order valence-corrected chi connectivity index (χ2v) is 8.03. The molecule has 178 valence electrons. The molecule has 0 amide bonds. The third kappa shape index (κ3) is 5.31. The second-order valence-electron chi connectivity index (χ2n) is 8.03. The Morgan fingerprint density at radius 3 is 2.29 bits per heavy atom. The van der Waals surface area contributed by atoms with Gasteiger partial charge in [0.25, 0.3) is 5.56 Å². The van der Waals surface area contributed by atoms with Crippen molar-refractivity contribution in [1.29, 1.82) is 0 Å². The van der Waals surface area contributed by atoms with E-state index < -0.39 is 17.6 Å². The van der Waals surface area contributed by atoms with Crippen LogP contribution >= 0.6 is 0 Å². The minimum Gasteiger partial charge on any atom is -0.488 e. The summed E-state index contributed by atoms with van der Waals surface area (Å²) >= 11 is 0. The number of pyridine rings is 1. The number of methoxy groups -OCH3 is 1. The highest BCUT2D eigenvalue weighted by atomic mass is 19.1. The fourth-order valence-electron chi connectivity index (χ4n) is 4.09. The summed E-state index contributed by atoms with van der Waals surface area (Å²) in [6.45, 7) is 1.50. The normalized spacial score (nSPS) is 13.8. The maximum absolute atomic E-state index is 13.6. The predicted octanol–water partition coefficient (Wildman–Crippen LogP) is 3.69. The summed E-state index contributed by atoms with van der Waals surface area (Å²) in [7, 11) is 1.25. The first-order valence-electron chi connectivity index (χ1n) is 10.7. The molecule has 0 atom stereocenters. The van der Waals surface area contributed by atoms with Gasteiger partial charge in [-0.3, -0.25) is 9.69 Å². The second kappa shape index (κ2) is 10.1. The number of carbonyl (C=O) groups excluding carboxylic acids is 1. The Balaban J connectivity index is 1.60. The first-order chi connectivity index (χ1) is 16.3. The van der Waals surface area contributed by atoms with Gasteiger partial charge in [-0.05, 0) is 35.4 Å². The van der Waals surface area contributed by atoms with Crippen molar-refractivity contribution in [3.63, 3.8) is 0 Å². The van der Waals surface area contributed by atoms with Gasteiger partial charge in [-0.25, -0.2) is 18.0 Å². The Kier molecular flexibility index (Phi) is 7.02. The van der Waals surface area contributed by atoms with Crippen LogP contribution < -0.4 is 10.3 Å². The van der Waals surface area contributed by atoms with E-state index in [1.165, 1.54) is 42.0 Å². The smallest absolute Gasteiger partial charge is 0.343 e. The molecule has 0 N–H and O–H groups in total. The lowest BCUT2D eigenvalue weighted by molar-refractivity contribution is 0.0592. The molecule has 1 aliphatic rings. The zero-order chi connectivity index (χ0) is 24.2. The number of nitrogens with zero attached hydrogens (tertiary/aromatic N) is 2. The van der Waals surface area contributed by atoms with Crippen LogP contribution in [0.25, 0.3) is 0 Å². The standard InChI is InChI=1S/C25H23F3N2O4/c1-33-25(32)24-21-6-7-29(14-17-10-19(27)12-20(28)11-17)8-9-30(21)23(31)13-22(24)34-15-16-2-4-18(26)5-3-16/h2-5,10-13H,6-9,14-15H2,1H3. The summed E-state index contributed by atoms with van der Waals surface area (Å²) in [6, 6.07) is 10.3. The summed E-state index contributed by atoms with van der Waals surface area (Å²) < 4.78 is 52.6. The van der Waals surface area contributed by atoms with Crippen LogP contribution in [0.1, 0.15) is 27.2 Å². The van der Waals surface area contributed by atoms with Gasteiger partial charge in [0.1, 0.15) is 35.4 Å². The largest absolute Gasteiger partial charge is 0.488 e. The topological polar surface area (TPSA) is 60.8 Å². The van der Waals surface area contributed by atoms with Gasteiger partial charge in [0, 0.05) is 50.4 Å². The van der Waals surface area contributed by atoms with Gasteiger partial charge in [0.05, 0.1) is 7.11 Å². The van der Waals surface area contributed by atoms with Crippen molar-refractivity contribution in [2.75, 3.05) is 20.2 Å². The van der Waals surface area contributed by atoms with E-state index in [-0.39, 0.29) is 35.8 Å². The van der Waals surface area contributed by atoms with Crippen molar-refractivity contribution in [1.82, 2.24) is 9.47 Å². The molecular formula is C25H23F3N2O4. The number of ether oxygens (including phenoxy) is 2. The van der Waals surface area contributed by atoms with Crippen molar-refractivity contribution < 1.29 is 27.4 Å². The number of hydrogen-bond acceptors (Lipinski definition) is 5. The number of carbonyl (C=O) groups is 1. The SMILES string of the molecule is COC(=O)c1c(OCc2ccc(F)cc2)cc(=O)n2c1CCN(Cc1cc(F)cc(F)c1)CC2. The fraction of sp³-hybridized carbons (Fsp3) is 0.280. The van der Waals surface area contributed by atoms with Gasteiger partial charge in [-0.1, -0.05) is 12.1 Å². The molecule has 0 spiro atoms. The molecule has 6 nitrogen and oxygen atoms in total. The number of benzene rings is 2. The molecule has 2 aromatic carbocycles. The molecular weight excluding hydrogens is 449 g/mol. The van der Waals surface area contributed by atoms with Crippen molar-refractivity contribution >= 4 is 5.97 Å². The van der Waals surface area contributed by atoms with E-state index in [4.69, 9.17) is 9.47 Å². The van der Waals surface area contributed by atoms with Crippen LogP contribution in [0.2, 0.25) is 0 Å². The van der Waals surface area contributed by atoms with E-state index >= 15 is 0 Å². The third-order valence-corrected chi connectivity index (χ3v) is 5.71. The Morgan fingerprint density at radius 2 is 1.62 bits per heavy atom.